The van der Waals surface area contributed by atoms with E-state index in [9.17, 15) is 0 Å². The number of likely N-dealkylation sites (tertiary alicyclic amines) is 1. The van der Waals surface area contributed by atoms with Gasteiger partial charge in [0.15, 0.2) is 5.82 Å². The van der Waals surface area contributed by atoms with Gasteiger partial charge in [0.2, 0.25) is 0 Å². The van der Waals surface area contributed by atoms with E-state index in [4.69, 9.17) is 0 Å². The zero-order valence-corrected chi connectivity index (χ0v) is 10.5. The third-order valence-corrected chi connectivity index (χ3v) is 3.46. The van der Waals surface area contributed by atoms with Gasteiger partial charge in [-0.15, -0.1) is 0 Å². The van der Waals surface area contributed by atoms with Crippen molar-refractivity contribution in [1.82, 2.24) is 24.8 Å². The SMILES string of the molecule is CN1CCCC(c2nccnc2-c2ncc[nH]2)C1. The zero-order chi connectivity index (χ0) is 12.4. The molecule has 1 aliphatic rings. The summed E-state index contributed by atoms with van der Waals surface area (Å²) in [5.41, 5.74) is 1.96. The van der Waals surface area contributed by atoms with Crippen LogP contribution in [-0.4, -0.2) is 45.0 Å². The second-order valence-electron chi connectivity index (χ2n) is 4.83. The van der Waals surface area contributed by atoms with Crippen LogP contribution in [0.2, 0.25) is 0 Å². The van der Waals surface area contributed by atoms with Gasteiger partial charge in [0.1, 0.15) is 5.69 Å². The molecule has 94 valence electrons. The van der Waals surface area contributed by atoms with Crippen LogP contribution in [0.1, 0.15) is 24.5 Å². The van der Waals surface area contributed by atoms with Gasteiger partial charge in [-0.2, -0.15) is 0 Å². The number of nitrogens with zero attached hydrogens (tertiary/aromatic N) is 4. The summed E-state index contributed by atoms with van der Waals surface area (Å²) in [5.74, 6) is 1.27. The average Bonchev–Trinajstić information content (AvgIpc) is 2.92. The molecule has 1 aliphatic heterocycles. The first-order chi connectivity index (χ1) is 8.84. The molecule has 3 heterocycles. The fourth-order valence-corrected chi connectivity index (χ4v) is 2.61. The van der Waals surface area contributed by atoms with Gasteiger partial charge in [-0.25, -0.2) is 9.97 Å². The Labute approximate surface area is 106 Å². The molecule has 1 fully saturated rings. The molecule has 0 amide bonds. The molecule has 0 spiro atoms. The number of hydrogen-bond acceptors (Lipinski definition) is 4. The fraction of sp³-hybridized carbons (Fsp3) is 0.462. The molecule has 1 atom stereocenters. The number of hydrogen-bond donors (Lipinski definition) is 1. The fourth-order valence-electron chi connectivity index (χ4n) is 2.61. The molecule has 0 bridgehead atoms. The Bertz CT molecular complexity index is 508. The van der Waals surface area contributed by atoms with Gasteiger partial charge in [0, 0.05) is 37.3 Å². The molecule has 1 N–H and O–H groups in total. The molecular weight excluding hydrogens is 226 g/mol. The summed E-state index contributed by atoms with van der Waals surface area (Å²) in [5, 5.41) is 0. The van der Waals surface area contributed by atoms with Crippen molar-refractivity contribution in [3.63, 3.8) is 0 Å². The summed E-state index contributed by atoms with van der Waals surface area (Å²) in [6, 6.07) is 0. The number of nitrogens with one attached hydrogen (secondary N) is 1. The monoisotopic (exact) mass is 243 g/mol. The molecule has 0 aromatic carbocycles. The van der Waals surface area contributed by atoms with E-state index in [2.05, 4.69) is 31.9 Å². The van der Waals surface area contributed by atoms with E-state index in [1.807, 2.05) is 6.20 Å². The number of aromatic amines is 1. The highest BCUT2D eigenvalue weighted by Crippen LogP contribution is 2.29. The highest BCUT2D eigenvalue weighted by atomic mass is 15.1. The molecule has 0 radical (unpaired) electrons. The molecular formula is C13H17N5. The lowest BCUT2D eigenvalue weighted by atomic mass is 9.93. The first-order valence-electron chi connectivity index (χ1n) is 6.34. The summed E-state index contributed by atoms with van der Waals surface area (Å²) in [7, 11) is 2.16. The normalized spacial score (nSPS) is 21.1. The highest BCUT2D eigenvalue weighted by molar-refractivity contribution is 5.53. The molecule has 2 aromatic heterocycles. The van der Waals surface area contributed by atoms with Crippen molar-refractivity contribution in [2.24, 2.45) is 0 Å². The van der Waals surface area contributed by atoms with Crippen LogP contribution < -0.4 is 0 Å². The van der Waals surface area contributed by atoms with Crippen LogP contribution in [0.5, 0.6) is 0 Å². The Hall–Kier alpha value is -1.75. The smallest absolute Gasteiger partial charge is 0.157 e. The average molecular weight is 243 g/mol. The van der Waals surface area contributed by atoms with Crippen LogP contribution >= 0.6 is 0 Å². The molecule has 5 heteroatoms. The number of H-pyrrole nitrogens is 1. The number of rotatable bonds is 2. The van der Waals surface area contributed by atoms with E-state index in [0.29, 0.717) is 5.92 Å². The van der Waals surface area contributed by atoms with Gasteiger partial charge in [0.05, 0.1) is 5.69 Å². The predicted octanol–water partition coefficient (Wildman–Crippen LogP) is 1.68. The molecule has 2 aromatic rings. The van der Waals surface area contributed by atoms with Crippen molar-refractivity contribution in [2.45, 2.75) is 18.8 Å². The number of likely N-dealkylation sites (N-methyl/N-ethyl adjacent to an activating group) is 1. The summed E-state index contributed by atoms with van der Waals surface area (Å²) >= 11 is 0. The largest absolute Gasteiger partial charge is 0.343 e. The maximum absolute atomic E-state index is 4.54. The molecule has 1 saturated heterocycles. The van der Waals surface area contributed by atoms with Crippen molar-refractivity contribution >= 4 is 0 Å². The highest BCUT2D eigenvalue weighted by Gasteiger charge is 2.24. The third-order valence-electron chi connectivity index (χ3n) is 3.46. The van der Waals surface area contributed by atoms with Gasteiger partial charge in [-0.05, 0) is 26.4 Å². The van der Waals surface area contributed by atoms with E-state index < -0.39 is 0 Å². The maximum atomic E-state index is 4.54. The van der Waals surface area contributed by atoms with E-state index in [1.165, 1.54) is 19.4 Å². The van der Waals surface area contributed by atoms with E-state index in [-0.39, 0.29) is 0 Å². The Morgan fingerprint density at radius 2 is 2.11 bits per heavy atom. The molecule has 5 nitrogen and oxygen atoms in total. The third kappa shape index (κ3) is 2.13. The lowest BCUT2D eigenvalue weighted by Gasteiger charge is -2.29. The van der Waals surface area contributed by atoms with Crippen LogP contribution in [-0.2, 0) is 0 Å². The van der Waals surface area contributed by atoms with Gasteiger partial charge in [-0.1, -0.05) is 0 Å². The lowest BCUT2D eigenvalue weighted by Crippen LogP contribution is -2.31. The Kier molecular flexibility index (Phi) is 3.06. The second-order valence-corrected chi connectivity index (χ2v) is 4.83. The van der Waals surface area contributed by atoms with Crippen LogP contribution in [0.4, 0.5) is 0 Å². The second kappa shape index (κ2) is 4.86. The van der Waals surface area contributed by atoms with Crippen molar-refractivity contribution in [3.8, 4) is 11.5 Å². The van der Waals surface area contributed by atoms with Crippen LogP contribution in [0, 0.1) is 0 Å². The first kappa shape index (κ1) is 11.3. The van der Waals surface area contributed by atoms with Crippen molar-refractivity contribution in [2.75, 3.05) is 20.1 Å². The van der Waals surface area contributed by atoms with Gasteiger partial charge < -0.3 is 9.88 Å². The van der Waals surface area contributed by atoms with Gasteiger partial charge in [-0.3, -0.25) is 4.98 Å². The van der Waals surface area contributed by atoms with Crippen LogP contribution in [0.25, 0.3) is 11.5 Å². The molecule has 1 unspecified atom stereocenters. The Morgan fingerprint density at radius 1 is 1.22 bits per heavy atom. The summed E-state index contributed by atoms with van der Waals surface area (Å²) in [4.78, 5) is 18.8. The van der Waals surface area contributed by atoms with E-state index in [1.54, 1.807) is 18.6 Å². The first-order valence-corrected chi connectivity index (χ1v) is 6.34. The van der Waals surface area contributed by atoms with Crippen LogP contribution in [0.15, 0.2) is 24.8 Å². The lowest BCUT2D eigenvalue weighted by molar-refractivity contribution is 0.248. The predicted molar refractivity (Wildman–Crippen MR) is 69.1 cm³/mol. The summed E-state index contributed by atoms with van der Waals surface area (Å²) in [6.07, 6.45) is 9.47. The Morgan fingerprint density at radius 3 is 2.89 bits per heavy atom. The Balaban J connectivity index is 1.96. The van der Waals surface area contributed by atoms with Crippen molar-refractivity contribution in [3.05, 3.63) is 30.5 Å². The molecule has 3 rings (SSSR count). The van der Waals surface area contributed by atoms with Crippen LogP contribution in [0.3, 0.4) is 0 Å². The van der Waals surface area contributed by atoms with Gasteiger partial charge in [0.25, 0.3) is 0 Å². The standard InChI is InChI=1S/C13H17N5/c1-18-8-2-3-10(9-18)11-12(15-5-4-14-11)13-16-6-7-17-13/h4-7,10H,2-3,8-9H2,1H3,(H,16,17). The van der Waals surface area contributed by atoms with E-state index in [0.717, 1.165) is 23.8 Å². The number of piperidine rings is 1. The number of imidazole rings is 1. The zero-order valence-electron chi connectivity index (χ0n) is 10.5. The van der Waals surface area contributed by atoms with Crippen molar-refractivity contribution < 1.29 is 0 Å². The van der Waals surface area contributed by atoms with Gasteiger partial charge >= 0.3 is 0 Å². The minimum atomic E-state index is 0.456. The molecule has 0 aliphatic carbocycles. The summed E-state index contributed by atoms with van der Waals surface area (Å²) < 4.78 is 0. The summed E-state index contributed by atoms with van der Waals surface area (Å²) in [6.45, 7) is 2.22. The number of aromatic nitrogens is 4. The quantitative estimate of drug-likeness (QED) is 0.871. The van der Waals surface area contributed by atoms with Crippen molar-refractivity contribution in [1.29, 1.82) is 0 Å². The van der Waals surface area contributed by atoms with E-state index >= 15 is 0 Å². The maximum Gasteiger partial charge on any atom is 0.157 e. The minimum absolute atomic E-state index is 0.456. The minimum Gasteiger partial charge on any atom is -0.343 e. The molecule has 18 heavy (non-hydrogen) atoms. The molecule has 0 saturated carbocycles. The topological polar surface area (TPSA) is 57.7 Å².